The predicted molar refractivity (Wildman–Crippen MR) is 96.9 cm³/mol. The Kier molecular flexibility index (Phi) is 5.51. The van der Waals surface area contributed by atoms with Gasteiger partial charge in [-0.2, -0.15) is 0 Å². The van der Waals surface area contributed by atoms with Gasteiger partial charge in [0.25, 0.3) is 0 Å². The number of benzene rings is 1. The van der Waals surface area contributed by atoms with Crippen molar-refractivity contribution in [1.82, 2.24) is 4.98 Å². The van der Waals surface area contributed by atoms with Crippen LogP contribution in [0.5, 0.6) is 0 Å². The van der Waals surface area contributed by atoms with Crippen molar-refractivity contribution in [3.05, 3.63) is 76.0 Å². The number of halogens is 2. The molecule has 1 aromatic heterocycles. The summed E-state index contributed by atoms with van der Waals surface area (Å²) in [6.07, 6.45) is 7.55. The Morgan fingerprint density at radius 1 is 1.13 bits per heavy atom. The number of nitrogens with zero attached hydrogens (tertiary/aromatic N) is 1. The molecule has 0 aliphatic carbocycles. The van der Waals surface area contributed by atoms with Crippen molar-refractivity contribution in [2.75, 3.05) is 0 Å². The van der Waals surface area contributed by atoms with Crippen LogP contribution in [0, 0.1) is 5.41 Å². The molecule has 0 fully saturated rings. The van der Waals surface area contributed by atoms with E-state index in [2.05, 4.69) is 25.8 Å². The molecule has 1 atom stereocenters. The summed E-state index contributed by atoms with van der Waals surface area (Å²) in [5.74, 6) is 0. The van der Waals surface area contributed by atoms with Crippen molar-refractivity contribution in [1.29, 1.82) is 0 Å². The van der Waals surface area contributed by atoms with Crippen LogP contribution in [0.4, 0.5) is 0 Å². The Bertz CT molecular complexity index is 692. The van der Waals surface area contributed by atoms with Crippen LogP contribution in [-0.4, -0.2) is 10.1 Å². The van der Waals surface area contributed by atoms with E-state index >= 15 is 0 Å². The van der Waals surface area contributed by atoms with Crippen LogP contribution in [0.1, 0.15) is 31.9 Å². The van der Waals surface area contributed by atoms with Crippen LogP contribution in [0.2, 0.25) is 10.0 Å². The van der Waals surface area contributed by atoms with E-state index < -0.39 is 5.60 Å². The van der Waals surface area contributed by atoms with E-state index in [-0.39, 0.29) is 5.41 Å². The molecule has 2 aromatic rings. The van der Waals surface area contributed by atoms with E-state index in [9.17, 15) is 5.11 Å². The summed E-state index contributed by atoms with van der Waals surface area (Å²) < 4.78 is 0. The smallest absolute Gasteiger partial charge is 0.113 e. The largest absolute Gasteiger partial charge is 0.381 e. The average molecular weight is 350 g/mol. The molecule has 1 aromatic carbocycles. The first-order valence-corrected chi connectivity index (χ1v) is 8.22. The second kappa shape index (κ2) is 7.04. The molecule has 0 bridgehead atoms. The Hall–Kier alpha value is -1.35. The number of rotatable bonds is 4. The first kappa shape index (κ1) is 18.0. The van der Waals surface area contributed by atoms with E-state index in [0.29, 0.717) is 16.5 Å². The van der Waals surface area contributed by atoms with Gasteiger partial charge in [0.1, 0.15) is 5.60 Å². The number of aliphatic hydroxyl groups is 1. The van der Waals surface area contributed by atoms with Crippen LogP contribution < -0.4 is 0 Å². The molecule has 0 radical (unpaired) electrons. The monoisotopic (exact) mass is 349 g/mol. The molecule has 0 saturated heterocycles. The summed E-state index contributed by atoms with van der Waals surface area (Å²) in [6, 6.07) is 8.99. The van der Waals surface area contributed by atoms with Crippen molar-refractivity contribution >= 4 is 23.2 Å². The van der Waals surface area contributed by atoms with Crippen molar-refractivity contribution in [2.45, 2.75) is 32.8 Å². The second-order valence-corrected chi connectivity index (χ2v) is 7.62. The highest BCUT2D eigenvalue weighted by Gasteiger charge is 2.28. The Balaban J connectivity index is 2.43. The van der Waals surface area contributed by atoms with Gasteiger partial charge < -0.3 is 5.11 Å². The fourth-order valence-electron chi connectivity index (χ4n) is 2.22. The molecule has 2 rings (SSSR count). The van der Waals surface area contributed by atoms with Crippen LogP contribution in [0.25, 0.3) is 0 Å². The zero-order valence-corrected chi connectivity index (χ0v) is 15.1. The number of hydrogen-bond acceptors (Lipinski definition) is 2. The van der Waals surface area contributed by atoms with Gasteiger partial charge >= 0.3 is 0 Å². The third kappa shape index (κ3) is 5.07. The van der Waals surface area contributed by atoms with Gasteiger partial charge in [-0.15, -0.1) is 0 Å². The topological polar surface area (TPSA) is 33.1 Å². The van der Waals surface area contributed by atoms with Gasteiger partial charge in [0.05, 0.1) is 0 Å². The zero-order valence-electron chi connectivity index (χ0n) is 13.6. The quantitative estimate of drug-likeness (QED) is 0.747. The van der Waals surface area contributed by atoms with E-state index in [0.717, 1.165) is 11.1 Å². The molecule has 0 spiro atoms. The van der Waals surface area contributed by atoms with E-state index in [1.54, 1.807) is 24.5 Å². The molecule has 0 saturated carbocycles. The van der Waals surface area contributed by atoms with Gasteiger partial charge in [-0.3, -0.25) is 4.98 Å². The molecular formula is C19H21Cl2NO. The highest BCUT2D eigenvalue weighted by Crippen LogP contribution is 2.32. The van der Waals surface area contributed by atoms with Crippen LogP contribution in [-0.2, 0) is 12.0 Å². The maximum absolute atomic E-state index is 11.3. The van der Waals surface area contributed by atoms with Crippen molar-refractivity contribution in [3.8, 4) is 0 Å². The molecule has 122 valence electrons. The molecule has 0 aliphatic heterocycles. The minimum atomic E-state index is -1.18. The SMILES string of the molecule is CC(C)(C)C=CC(O)(Cc1ccc(Cl)cc1Cl)c1cccnc1. The lowest BCUT2D eigenvalue weighted by Crippen LogP contribution is -2.27. The fraction of sp³-hybridized carbons (Fsp3) is 0.316. The van der Waals surface area contributed by atoms with Gasteiger partial charge in [-0.1, -0.05) is 68.3 Å². The van der Waals surface area contributed by atoms with Crippen LogP contribution >= 0.6 is 23.2 Å². The summed E-state index contributed by atoms with van der Waals surface area (Å²) in [5.41, 5.74) is 0.339. The standard InChI is InChI=1S/C19H21Cl2NO/c1-18(2,3)8-9-19(23,15-5-4-10-22-13-15)12-14-6-7-16(20)11-17(14)21/h4-11,13,23H,12H2,1-3H3. The summed E-state index contributed by atoms with van der Waals surface area (Å²) in [5, 5.41) is 12.4. The Morgan fingerprint density at radius 3 is 2.43 bits per heavy atom. The molecular weight excluding hydrogens is 329 g/mol. The van der Waals surface area contributed by atoms with Crippen molar-refractivity contribution in [2.24, 2.45) is 5.41 Å². The molecule has 1 N–H and O–H groups in total. The third-order valence-electron chi connectivity index (χ3n) is 3.50. The maximum Gasteiger partial charge on any atom is 0.113 e. The Labute approximate surface area is 147 Å². The maximum atomic E-state index is 11.3. The second-order valence-electron chi connectivity index (χ2n) is 6.78. The van der Waals surface area contributed by atoms with Gasteiger partial charge in [0.15, 0.2) is 0 Å². The first-order chi connectivity index (χ1) is 10.7. The Morgan fingerprint density at radius 2 is 1.87 bits per heavy atom. The third-order valence-corrected chi connectivity index (χ3v) is 4.08. The van der Waals surface area contributed by atoms with E-state index in [1.807, 2.05) is 30.4 Å². The van der Waals surface area contributed by atoms with Crippen molar-refractivity contribution < 1.29 is 5.11 Å². The molecule has 0 amide bonds. The summed E-state index contributed by atoms with van der Waals surface area (Å²) in [7, 11) is 0. The number of allylic oxidation sites excluding steroid dienone is 1. The molecule has 1 unspecified atom stereocenters. The highest BCUT2D eigenvalue weighted by molar-refractivity contribution is 6.35. The number of aromatic nitrogens is 1. The fourth-order valence-corrected chi connectivity index (χ4v) is 2.69. The normalized spacial score (nSPS) is 14.9. The van der Waals surface area contributed by atoms with Crippen LogP contribution in [0.15, 0.2) is 54.9 Å². The van der Waals surface area contributed by atoms with Gasteiger partial charge in [-0.05, 0) is 29.2 Å². The van der Waals surface area contributed by atoms with Gasteiger partial charge in [0.2, 0.25) is 0 Å². The summed E-state index contributed by atoms with van der Waals surface area (Å²) in [4.78, 5) is 4.13. The van der Waals surface area contributed by atoms with E-state index in [4.69, 9.17) is 23.2 Å². The molecule has 23 heavy (non-hydrogen) atoms. The minimum absolute atomic E-state index is 0.0417. The predicted octanol–water partition coefficient (Wildman–Crippen LogP) is 5.42. The lowest BCUT2D eigenvalue weighted by molar-refractivity contribution is 0.0884. The minimum Gasteiger partial charge on any atom is -0.381 e. The van der Waals surface area contributed by atoms with Gasteiger partial charge in [-0.25, -0.2) is 0 Å². The van der Waals surface area contributed by atoms with Gasteiger partial charge in [0, 0.05) is 34.4 Å². The summed E-state index contributed by atoms with van der Waals surface area (Å²) >= 11 is 12.2. The molecule has 4 heteroatoms. The molecule has 0 aliphatic rings. The summed E-state index contributed by atoms with van der Waals surface area (Å²) in [6.45, 7) is 6.26. The zero-order chi connectivity index (χ0) is 17.1. The molecule has 2 nitrogen and oxygen atoms in total. The lowest BCUT2D eigenvalue weighted by Gasteiger charge is -2.27. The highest BCUT2D eigenvalue weighted by atomic mass is 35.5. The van der Waals surface area contributed by atoms with E-state index in [1.165, 1.54) is 0 Å². The van der Waals surface area contributed by atoms with Crippen LogP contribution in [0.3, 0.4) is 0 Å². The first-order valence-electron chi connectivity index (χ1n) is 7.47. The lowest BCUT2D eigenvalue weighted by atomic mass is 9.85. The average Bonchev–Trinajstić information content (AvgIpc) is 2.48. The number of hydrogen-bond donors (Lipinski definition) is 1. The number of pyridine rings is 1. The molecule has 1 heterocycles. The van der Waals surface area contributed by atoms with Crippen molar-refractivity contribution in [3.63, 3.8) is 0 Å².